The monoisotopic (exact) mass is 248 g/mol. The van der Waals surface area contributed by atoms with Crippen molar-refractivity contribution in [3.63, 3.8) is 0 Å². The van der Waals surface area contributed by atoms with E-state index in [1.807, 2.05) is 16.8 Å². The van der Waals surface area contributed by atoms with Crippen LogP contribution in [0.25, 0.3) is 5.65 Å². The number of rotatable bonds is 6. The van der Waals surface area contributed by atoms with E-state index >= 15 is 0 Å². The van der Waals surface area contributed by atoms with Crippen LogP contribution in [-0.4, -0.2) is 20.9 Å². The fourth-order valence-corrected chi connectivity index (χ4v) is 1.94. The van der Waals surface area contributed by atoms with Crippen LogP contribution in [0.4, 0.5) is 11.6 Å². The number of aromatic nitrogens is 3. The molecule has 2 heterocycles. The number of nitrogens with one attached hydrogen (secondary N) is 2. The molecule has 0 aliphatic rings. The highest BCUT2D eigenvalue weighted by Crippen LogP contribution is 2.17. The highest BCUT2D eigenvalue weighted by molar-refractivity contribution is 5.65. The molecule has 18 heavy (non-hydrogen) atoms. The van der Waals surface area contributed by atoms with Gasteiger partial charge in [0.2, 0.25) is 0 Å². The lowest BCUT2D eigenvalue weighted by Crippen LogP contribution is -2.16. The maximum Gasteiger partial charge on any atom is 0.180 e. The average molecular weight is 248 g/mol. The topological polar surface area (TPSA) is 80.3 Å². The Kier molecular flexibility index (Phi) is 3.99. The maximum absolute atomic E-state index is 5.41. The Morgan fingerprint density at radius 2 is 2.17 bits per heavy atom. The quantitative estimate of drug-likeness (QED) is 0.537. The summed E-state index contributed by atoms with van der Waals surface area (Å²) in [7, 11) is 0. The molecule has 0 atom stereocenters. The van der Waals surface area contributed by atoms with Crippen molar-refractivity contribution in [2.75, 3.05) is 17.3 Å². The Morgan fingerprint density at radius 1 is 1.39 bits per heavy atom. The van der Waals surface area contributed by atoms with Gasteiger partial charge in [0.05, 0.1) is 6.20 Å². The first kappa shape index (κ1) is 12.6. The zero-order valence-corrected chi connectivity index (χ0v) is 10.8. The number of imidazole rings is 1. The van der Waals surface area contributed by atoms with Crippen LogP contribution in [-0.2, 0) is 0 Å². The van der Waals surface area contributed by atoms with Crippen LogP contribution < -0.4 is 16.6 Å². The molecule has 0 saturated carbocycles. The second-order valence-electron chi connectivity index (χ2n) is 4.34. The largest absolute Gasteiger partial charge is 0.367 e. The van der Waals surface area contributed by atoms with E-state index in [4.69, 9.17) is 5.84 Å². The summed E-state index contributed by atoms with van der Waals surface area (Å²) in [5, 5.41) is 3.36. The SMILES string of the molecule is CCC(CC)CNc1nc(NN)cn2ccnc12. The Balaban J connectivity index is 2.22. The van der Waals surface area contributed by atoms with E-state index in [2.05, 4.69) is 34.6 Å². The molecule has 0 spiro atoms. The van der Waals surface area contributed by atoms with Crippen molar-refractivity contribution < 1.29 is 0 Å². The molecule has 0 radical (unpaired) electrons. The summed E-state index contributed by atoms with van der Waals surface area (Å²) in [4.78, 5) is 8.69. The summed E-state index contributed by atoms with van der Waals surface area (Å²) in [6.07, 6.45) is 7.75. The van der Waals surface area contributed by atoms with Crippen molar-refractivity contribution in [1.82, 2.24) is 14.4 Å². The highest BCUT2D eigenvalue weighted by Gasteiger charge is 2.09. The van der Waals surface area contributed by atoms with Crippen LogP contribution in [0, 0.1) is 5.92 Å². The van der Waals surface area contributed by atoms with Gasteiger partial charge in [0, 0.05) is 18.9 Å². The number of hydrogen-bond acceptors (Lipinski definition) is 5. The van der Waals surface area contributed by atoms with Crippen LogP contribution in [0.15, 0.2) is 18.6 Å². The van der Waals surface area contributed by atoms with Crippen LogP contribution in [0.3, 0.4) is 0 Å². The summed E-state index contributed by atoms with van der Waals surface area (Å²) in [5.41, 5.74) is 3.38. The molecule has 0 bridgehead atoms. The van der Waals surface area contributed by atoms with Gasteiger partial charge in [-0.1, -0.05) is 26.7 Å². The lowest BCUT2D eigenvalue weighted by Gasteiger charge is -2.14. The Hall–Kier alpha value is -1.82. The number of anilines is 2. The molecule has 0 aliphatic carbocycles. The van der Waals surface area contributed by atoms with Gasteiger partial charge in [-0.25, -0.2) is 15.8 Å². The van der Waals surface area contributed by atoms with Gasteiger partial charge in [-0.05, 0) is 5.92 Å². The van der Waals surface area contributed by atoms with Crippen LogP contribution in [0.1, 0.15) is 26.7 Å². The molecule has 0 amide bonds. The summed E-state index contributed by atoms with van der Waals surface area (Å²) in [6.45, 7) is 5.30. The number of nitrogen functional groups attached to an aromatic ring is 1. The molecular weight excluding hydrogens is 228 g/mol. The maximum atomic E-state index is 5.41. The standard InChI is InChI=1S/C12H20N6/c1-3-9(4-2)7-15-11-12-14-5-6-18(12)8-10(16-11)17-13/h5-6,8-9,17H,3-4,7,13H2,1-2H3,(H,15,16). The van der Waals surface area contributed by atoms with Gasteiger partial charge in [-0.3, -0.25) is 0 Å². The lowest BCUT2D eigenvalue weighted by atomic mass is 10.0. The first-order valence-electron chi connectivity index (χ1n) is 6.32. The van der Waals surface area contributed by atoms with Gasteiger partial charge in [0.25, 0.3) is 0 Å². The number of nitrogens with zero attached hydrogens (tertiary/aromatic N) is 3. The van der Waals surface area contributed by atoms with E-state index < -0.39 is 0 Å². The molecule has 2 aromatic heterocycles. The van der Waals surface area contributed by atoms with Crippen molar-refractivity contribution in [1.29, 1.82) is 0 Å². The van der Waals surface area contributed by atoms with E-state index in [1.54, 1.807) is 6.20 Å². The molecule has 0 aromatic carbocycles. The van der Waals surface area contributed by atoms with Crippen molar-refractivity contribution >= 4 is 17.3 Å². The average Bonchev–Trinajstić information content (AvgIpc) is 2.87. The Labute approximate surface area is 107 Å². The van der Waals surface area contributed by atoms with E-state index in [1.165, 1.54) is 0 Å². The minimum Gasteiger partial charge on any atom is -0.367 e. The third-order valence-corrected chi connectivity index (χ3v) is 3.23. The van der Waals surface area contributed by atoms with Crippen molar-refractivity contribution in [2.24, 2.45) is 11.8 Å². The zero-order chi connectivity index (χ0) is 13.0. The molecule has 6 nitrogen and oxygen atoms in total. The molecule has 2 rings (SSSR count). The smallest absolute Gasteiger partial charge is 0.180 e. The molecule has 0 saturated heterocycles. The predicted octanol–water partition coefficient (Wildman–Crippen LogP) is 1.86. The lowest BCUT2D eigenvalue weighted by molar-refractivity contribution is 0.518. The van der Waals surface area contributed by atoms with E-state index in [9.17, 15) is 0 Å². The Bertz CT molecular complexity index is 502. The van der Waals surface area contributed by atoms with Crippen LogP contribution >= 0.6 is 0 Å². The fraction of sp³-hybridized carbons (Fsp3) is 0.500. The zero-order valence-electron chi connectivity index (χ0n) is 10.8. The number of hydrazine groups is 1. The number of hydrogen-bond donors (Lipinski definition) is 3. The molecule has 4 N–H and O–H groups in total. The van der Waals surface area contributed by atoms with Gasteiger partial charge in [-0.2, -0.15) is 0 Å². The van der Waals surface area contributed by atoms with Gasteiger partial charge in [-0.15, -0.1) is 0 Å². The van der Waals surface area contributed by atoms with Gasteiger partial charge >= 0.3 is 0 Å². The second-order valence-corrected chi connectivity index (χ2v) is 4.34. The first-order chi connectivity index (χ1) is 8.78. The molecular formula is C12H20N6. The molecule has 2 aromatic rings. The van der Waals surface area contributed by atoms with E-state index in [0.29, 0.717) is 11.7 Å². The highest BCUT2D eigenvalue weighted by atomic mass is 15.3. The van der Waals surface area contributed by atoms with E-state index in [0.717, 1.165) is 30.9 Å². The van der Waals surface area contributed by atoms with Crippen LogP contribution in [0.2, 0.25) is 0 Å². The van der Waals surface area contributed by atoms with Crippen molar-refractivity contribution in [2.45, 2.75) is 26.7 Å². The van der Waals surface area contributed by atoms with Crippen LogP contribution in [0.5, 0.6) is 0 Å². The van der Waals surface area contributed by atoms with E-state index in [-0.39, 0.29) is 0 Å². The Morgan fingerprint density at radius 3 is 2.83 bits per heavy atom. The molecule has 0 fully saturated rings. The first-order valence-corrected chi connectivity index (χ1v) is 6.32. The van der Waals surface area contributed by atoms with Gasteiger partial charge < -0.3 is 15.1 Å². The van der Waals surface area contributed by atoms with Crippen molar-refractivity contribution in [3.8, 4) is 0 Å². The summed E-state index contributed by atoms with van der Waals surface area (Å²) in [5.74, 6) is 7.45. The van der Waals surface area contributed by atoms with Gasteiger partial charge in [0.15, 0.2) is 17.3 Å². The molecule has 98 valence electrons. The minimum atomic E-state index is 0.618. The van der Waals surface area contributed by atoms with Crippen molar-refractivity contribution in [3.05, 3.63) is 18.6 Å². The summed E-state index contributed by atoms with van der Waals surface area (Å²) in [6, 6.07) is 0. The third-order valence-electron chi connectivity index (χ3n) is 3.23. The molecule has 0 unspecified atom stereocenters. The summed E-state index contributed by atoms with van der Waals surface area (Å²) >= 11 is 0. The molecule has 6 heteroatoms. The second kappa shape index (κ2) is 5.68. The van der Waals surface area contributed by atoms with Gasteiger partial charge in [0.1, 0.15) is 0 Å². The third kappa shape index (κ3) is 2.53. The fourth-order valence-electron chi connectivity index (χ4n) is 1.94. The number of fused-ring (bicyclic) bond motifs is 1. The minimum absolute atomic E-state index is 0.618. The predicted molar refractivity (Wildman–Crippen MR) is 73.4 cm³/mol. The summed E-state index contributed by atoms with van der Waals surface area (Å²) < 4.78 is 1.90. The number of nitrogens with two attached hydrogens (primary N) is 1. The normalized spacial score (nSPS) is 11.1. The molecule has 0 aliphatic heterocycles.